The summed E-state index contributed by atoms with van der Waals surface area (Å²) in [4.78, 5) is 4.38. The molecule has 3 rings (SSSR count). The second kappa shape index (κ2) is 8.83. The molecule has 25 heavy (non-hydrogen) atoms. The Kier molecular flexibility index (Phi) is 6.25. The quantitative estimate of drug-likeness (QED) is 0.481. The Morgan fingerprint density at radius 2 is 2.24 bits per heavy atom. The van der Waals surface area contributed by atoms with E-state index in [2.05, 4.69) is 37.1 Å². The molecule has 2 aromatic heterocycles. The molecule has 1 fully saturated rings. The highest BCUT2D eigenvalue weighted by atomic mass is 15.2. The minimum atomic E-state index is 0.560. The van der Waals surface area contributed by atoms with E-state index in [-0.39, 0.29) is 0 Å². The van der Waals surface area contributed by atoms with Gasteiger partial charge in [-0.2, -0.15) is 0 Å². The molecule has 0 amide bonds. The Bertz CT molecular complexity index is 692. The summed E-state index contributed by atoms with van der Waals surface area (Å²) < 4.78 is 2.06. The maximum atomic E-state index is 4.38. The van der Waals surface area contributed by atoms with E-state index in [0.29, 0.717) is 6.04 Å². The molecule has 136 valence electrons. The maximum absolute atomic E-state index is 4.38. The zero-order valence-corrected chi connectivity index (χ0v) is 15.4. The highest BCUT2D eigenvalue weighted by Gasteiger charge is 2.21. The van der Waals surface area contributed by atoms with Crippen LogP contribution in [0.4, 0.5) is 0 Å². The fourth-order valence-electron chi connectivity index (χ4n) is 3.70. The number of rotatable bonds is 6. The second-order valence-electron chi connectivity index (χ2n) is 6.93. The van der Waals surface area contributed by atoms with E-state index < -0.39 is 0 Å². The molecule has 2 aromatic rings. The van der Waals surface area contributed by atoms with Crippen molar-refractivity contribution in [3.63, 3.8) is 0 Å². The molecule has 1 saturated carbocycles. The zero-order valence-electron chi connectivity index (χ0n) is 15.4. The van der Waals surface area contributed by atoms with Crippen molar-refractivity contribution in [1.29, 1.82) is 0 Å². The Morgan fingerprint density at radius 1 is 1.32 bits per heavy atom. The Hall–Kier alpha value is -2.11. The third-order valence-corrected chi connectivity index (χ3v) is 5.18. The van der Waals surface area contributed by atoms with E-state index in [1.807, 2.05) is 31.4 Å². The van der Waals surface area contributed by atoms with Crippen molar-refractivity contribution < 1.29 is 0 Å². The Morgan fingerprint density at radius 3 is 3.08 bits per heavy atom. The average Bonchev–Trinajstić information content (AvgIpc) is 3.07. The van der Waals surface area contributed by atoms with Crippen LogP contribution in [0.2, 0.25) is 0 Å². The summed E-state index contributed by atoms with van der Waals surface area (Å²) in [6.45, 7) is 3.18. The molecule has 2 unspecified atom stereocenters. The molecular weight excluding hydrogens is 312 g/mol. The van der Waals surface area contributed by atoms with Gasteiger partial charge in [-0.05, 0) is 37.3 Å². The molecule has 2 atom stereocenters. The molecule has 1 aliphatic rings. The molecule has 1 aliphatic carbocycles. The molecule has 6 heteroatoms. The van der Waals surface area contributed by atoms with Gasteiger partial charge in [0.2, 0.25) is 0 Å². The van der Waals surface area contributed by atoms with Gasteiger partial charge in [0.25, 0.3) is 0 Å². The zero-order chi connectivity index (χ0) is 17.5. The predicted octanol–water partition coefficient (Wildman–Crippen LogP) is 2.80. The van der Waals surface area contributed by atoms with Crippen LogP contribution in [0.3, 0.4) is 0 Å². The van der Waals surface area contributed by atoms with E-state index in [1.54, 1.807) is 0 Å². The Labute approximate surface area is 150 Å². The fraction of sp³-hybridized carbons (Fsp3) is 0.632. The lowest BCUT2D eigenvalue weighted by molar-refractivity contribution is 0.298. The summed E-state index contributed by atoms with van der Waals surface area (Å²) in [5.74, 6) is 2.80. The number of nitrogens with one attached hydrogen (secondary N) is 2. The number of hydrogen-bond acceptors (Lipinski definition) is 3. The van der Waals surface area contributed by atoms with Crippen molar-refractivity contribution in [3.8, 4) is 0 Å². The summed E-state index contributed by atoms with van der Waals surface area (Å²) in [5.41, 5.74) is 0.908. The first-order valence-corrected chi connectivity index (χ1v) is 9.56. The van der Waals surface area contributed by atoms with Crippen LogP contribution in [-0.2, 0) is 6.42 Å². The van der Waals surface area contributed by atoms with Crippen molar-refractivity contribution in [3.05, 3.63) is 30.2 Å². The number of nitrogens with zero attached hydrogens (tertiary/aromatic N) is 4. The van der Waals surface area contributed by atoms with Crippen LogP contribution in [0.1, 0.15) is 51.3 Å². The van der Waals surface area contributed by atoms with Crippen molar-refractivity contribution in [2.45, 2.75) is 57.9 Å². The summed E-state index contributed by atoms with van der Waals surface area (Å²) >= 11 is 0. The van der Waals surface area contributed by atoms with Crippen molar-refractivity contribution in [2.24, 2.45) is 10.9 Å². The maximum Gasteiger partial charge on any atom is 0.191 e. The van der Waals surface area contributed by atoms with Crippen molar-refractivity contribution in [2.75, 3.05) is 13.6 Å². The van der Waals surface area contributed by atoms with E-state index in [1.165, 1.54) is 32.1 Å². The summed E-state index contributed by atoms with van der Waals surface area (Å²) in [6.07, 6.45) is 10.4. The average molecular weight is 342 g/mol. The first-order valence-electron chi connectivity index (χ1n) is 9.56. The van der Waals surface area contributed by atoms with Gasteiger partial charge in [0.05, 0.1) is 0 Å². The lowest BCUT2D eigenvalue weighted by Crippen LogP contribution is -2.45. The molecule has 2 heterocycles. The lowest BCUT2D eigenvalue weighted by Gasteiger charge is -2.30. The first kappa shape index (κ1) is 17.7. The summed E-state index contributed by atoms with van der Waals surface area (Å²) in [5, 5.41) is 15.5. The van der Waals surface area contributed by atoms with Crippen LogP contribution in [-0.4, -0.2) is 40.2 Å². The Balaban J connectivity index is 1.42. The number of fused-ring (bicyclic) bond motifs is 1. The van der Waals surface area contributed by atoms with Crippen LogP contribution < -0.4 is 10.6 Å². The van der Waals surface area contributed by atoms with Crippen LogP contribution in [0.5, 0.6) is 0 Å². The number of aromatic nitrogens is 3. The van der Waals surface area contributed by atoms with Gasteiger partial charge in [-0.15, -0.1) is 10.2 Å². The van der Waals surface area contributed by atoms with Crippen LogP contribution in [0, 0.1) is 5.92 Å². The van der Waals surface area contributed by atoms with Gasteiger partial charge in [0.15, 0.2) is 11.6 Å². The van der Waals surface area contributed by atoms with E-state index in [4.69, 9.17) is 0 Å². The highest BCUT2D eigenvalue weighted by molar-refractivity contribution is 5.79. The smallest absolute Gasteiger partial charge is 0.191 e. The van der Waals surface area contributed by atoms with Gasteiger partial charge < -0.3 is 10.6 Å². The molecule has 2 N–H and O–H groups in total. The van der Waals surface area contributed by atoms with E-state index >= 15 is 0 Å². The van der Waals surface area contributed by atoms with E-state index in [0.717, 1.165) is 42.7 Å². The van der Waals surface area contributed by atoms with Gasteiger partial charge in [0.1, 0.15) is 5.82 Å². The van der Waals surface area contributed by atoms with Gasteiger partial charge in [-0.1, -0.05) is 32.3 Å². The van der Waals surface area contributed by atoms with E-state index in [9.17, 15) is 0 Å². The number of hydrogen-bond donors (Lipinski definition) is 2. The van der Waals surface area contributed by atoms with Crippen LogP contribution in [0.25, 0.3) is 5.65 Å². The van der Waals surface area contributed by atoms with Gasteiger partial charge in [-0.25, -0.2) is 0 Å². The normalized spacial score (nSPS) is 21.4. The second-order valence-corrected chi connectivity index (χ2v) is 6.93. The summed E-state index contributed by atoms with van der Waals surface area (Å²) in [6, 6.07) is 6.54. The lowest BCUT2D eigenvalue weighted by atomic mass is 9.84. The number of pyridine rings is 1. The third-order valence-electron chi connectivity index (χ3n) is 5.18. The monoisotopic (exact) mass is 342 g/mol. The van der Waals surface area contributed by atoms with Gasteiger partial charge in [-0.3, -0.25) is 9.39 Å². The predicted molar refractivity (Wildman–Crippen MR) is 102 cm³/mol. The SMILES string of the molecule is CCC1CCCC(NC(=NC)NCCCc2nnc3ccccn23)C1. The van der Waals surface area contributed by atoms with Crippen molar-refractivity contribution in [1.82, 2.24) is 25.2 Å². The highest BCUT2D eigenvalue weighted by Crippen LogP contribution is 2.26. The number of guanidine groups is 1. The molecule has 0 saturated heterocycles. The molecule has 6 nitrogen and oxygen atoms in total. The first-order chi connectivity index (χ1) is 12.3. The topological polar surface area (TPSA) is 66.6 Å². The molecule has 0 radical (unpaired) electrons. The van der Waals surface area contributed by atoms with Crippen LogP contribution >= 0.6 is 0 Å². The molecule has 0 aromatic carbocycles. The molecule has 0 aliphatic heterocycles. The minimum Gasteiger partial charge on any atom is -0.356 e. The van der Waals surface area contributed by atoms with Crippen molar-refractivity contribution >= 4 is 11.6 Å². The largest absolute Gasteiger partial charge is 0.356 e. The molecule has 0 spiro atoms. The van der Waals surface area contributed by atoms with Gasteiger partial charge >= 0.3 is 0 Å². The molecule has 0 bridgehead atoms. The van der Waals surface area contributed by atoms with Crippen LogP contribution in [0.15, 0.2) is 29.4 Å². The minimum absolute atomic E-state index is 0.560. The standard InChI is InChI=1S/C19H30N6/c1-3-15-8-6-9-16(14-15)22-19(20-2)21-12-7-11-18-24-23-17-10-4-5-13-25(17)18/h4-5,10,13,15-16H,3,6-9,11-12,14H2,1-2H3,(H2,20,21,22). The third kappa shape index (κ3) is 4.71. The molecular formula is C19H30N6. The number of aryl methyl sites for hydroxylation is 1. The summed E-state index contributed by atoms with van der Waals surface area (Å²) in [7, 11) is 1.85. The number of aliphatic imine (C=N–C) groups is 1. The fourth-order valence-corrected chi connectivity index (χ4v) is 3.70. The van der Waals surface area contributed by atoms with Gasteiger partial charge in [0, 0.05) is 32.3 Å².